The van der Waals surface area contributed by atoms with Crippen LogP contribution in [-0.2, 0) is 9.84 Å². The van der Waals surface area contributed by atoms with Gasteiger partial charge in [0, 0.05) is 47.7 Å². The van der Waals surface area contributed by atoms with Gasteiger partial charge in [-0.3, -0.25) is 0 Å². The van der Waals surface area contributed by atoms with E-state index in [-0.39, 0.29) is 22.7 Å². The minimum atomic E-state index is -3.94. The van der Waals surface area contributed by atoms with Crippen LogP contribution in [0.4, 0.5) is 22.7 Å². The predicted octanol–water partition coefficient (Wildman–Crippen LogP) is 6.13. The summed E-state index contributed by atoms with van der Waals surface area (Å²) in [6.45, 7) is 0. The molecule has 2 aliphatic rings. The lowest BCUT2D eigenvalue weighted by molar-refractivity contribution is -0.0692. The van der Waals surface area contributed by atoms with Crippen LogP contribution in [0.15, 0.2) is 143 Å². The van der Waals surface area contributed by atoms with Crippen molar-refractivity contribution in [3.05, 3.63) is 143 Å². The number of allylic oxidation sites excluding steroid dienone is 2. The summed E-state index contributed by atoms with van der Waals surface area (Å²) >= 11 is 0. The summed E-state index contributed by atoms with van der Waals surface area (Å²) in [6.07, 6.45) is 9.51. The van der Waals surface area contributed by atoms with Gasteiger partial charge in [-0.05, 0) is 109 Å². The molecule has 4 aromatic rings. The minimum absolute atomic E-state index is 0.0915. The molecule has 8 N–H and O–H groups in total. The van der Waals surface area contributed by atoms with Crippen LogP contribution in [0.1, 0.15) is 12.8 Å². The monoisotopic (exact) mass is 650 g/mol. The zero-order chi connectivity index (χ0) is 33.1. The van der Waals surface area contributed by atoms with Crippen molar-refractivity contribution in [3.8, 4) is 23.0 Å². The molecule has 0 spiro atoms. The summed E-state index contributed by atoms with van der Waals surface area (Å²) in [7, 11) is -3.94. The van der Waals surface area contributed by atoms with E-state index in [0.29, 0.717) is 45.7 Å². The first-order chi connectivity index (χ1) is 22.5. The largest absolute Gasteiger partial charge is 0.448 e. The fourth-order valence-electron chi connectivity index (χ4n) is 5.00. The molecule has 0 heterocycles. The lowest BCUT2D eigenvalue weighted by Crippen LogP contribution is -2.42. The fraction of sp³-hybridized carbons (Fsp3) is 0.111. The van der Waals surface area contributed by atoms with Crippen LogP contribution >= 0.6 is 0 Å². The van der Waals surface area contributed by atoms with Gasteiger partial charge in [0.05, 0.1) is 9.81 Å². The van der Waals surface area contributed by atoms with Crippen LogP contribution in [0.25, 0.3) is 0 Å². The first kappa shape index (κ1) is 31.2. The van der Waals surface area contributed by atoms with Crippen LogP contribution in [0, 0.1) is 0 Å². The van der Waals surface area contributed by atoms with Gasteiger partial charge >= 0.3 is 0 Å². The van der Waals surface area contributed by atoms with E-state index >= 15 is 0 Å². The van der Waals surface area contributed by atoms with Gasteiger partial charge in [0.15, 0.2) is 0 Å². The molecule has 4 aromatic carbocycles. The summed E-state index contributed by atoms with van der Waals surface area (Å²) < 4.78 is 52.9. The Morgan fingerprint density at radius 2 is 0.702 bits per heavy atom. The summed E-state index contributed by atoms with van der Waals surface area (Å²) in [5.41, 5.74) is 25.7. The van der Waals surface area contributed by atoms with Crippen LogP contribution < -0.4 is 41.9 Å². The van der Waals surface area contributed by atoms with Gasteiger partial charge in [0.25, 0.3) is 11.6 Å². The van der Waals surface area contributed by atoms with E-state index in [1.54, 1.807) is 121 Å². The highest BCUT2D eigenvalue weighted by atomic mass is 32.2. The number of hydrogen-bond acceptors (Lipinski definition) is 10. The van der Waals surface area contributed by atoms with Crippen LogP contribution in [-0.4, -0.2) is 20.0 Å². The van der Waals surface area contributed by atoms with Crippen molar-refractivity contribution in [2.45, 2.75) is 24.4 Å². The Morgan fingerprint density at radius 3 is 0.915 bits per heavy atom. The van der Waals surface area contributed by atoms with Gasteiger partial charge in [-0.2, -0.15) is 0 Å². The molecule has 0 aliphatic heterocycles. The zero-order valence-corrected chi connectivity index (χ0v) is 26.1. The first-order valence-corrected chi connectivity index (χ1v) is 16.2. The van der Waals surface area contributed by atoms with Gasteiger partial charge in [-0.1, -0.05) is 12.2 Å². The highest BCUT2D eigenvalue weighted by molar-refractivity contribution is 7.99. The van der Waals surface area contributed by atoms with Crippen molar-refractivity contribution >= 4 is 32.6 Å². The Hall–Kier alpha value is -5.81. The summed E-state index contributed by atoms with van der Waals surface area (Å²) in [6, 6.07) is 27.4. The average molecular weight is 651 g/mol. The average Bonchev–Trinajstić information content (AvgIpc) is 3.06. The molecule has 0 radical (unpaired) electrons. The second kappa shape index (κ2) is 12.5. The molecule has 0 amide bonds. The zero-order valence-electron chi connectivity index (χ0n) is 25.3. The van der Waals surface area contributed by atoms with Crippen molar-refractivity contribution in [1.29, 1.82) is 0 Å². The third-order valence-corrected chi connectivity index (χ3v) is 9.33. The van der Waals surface area contributed by atoms with Crippen LogP contribution in [0.5, 0.6) is 23.0 Å². The molecule has 0 unspecified atom stereocenters. The Balaban J connectivity index is 1.25. The summed E-state index contributed by atoms with van der Waals surface area (Å²) in [5.74, 6) is -0.689. The molecule has 0 atom stereocenters. The maximum atomic E-state index is 13.9. The highest BCUT2D eigenvalue weighted by Gasteiger charge is 2.39. The number of hydrogen-bond donors (Lipinski definition) is 4. The van der Waals surface area contributed by atoms with Crippen LogP contribution in [0.2, 0.25) is 0 Å². The minimum Gasteiger partial charge on any atom is -0.448 e. The van der Waals surface area contributed by atoms with Gasteiger partial charge in [-0.25, -0.2) is 8.42 Å². The summed E-state index contributed by atoms with van der Waals surface area (Å²) in [4.78, 5) is 0.189. The predicted molar refractivity (Wildman–Crippen MR) is 184 cm³/mol. The number of rotatable bonds is 10. The third-order valence-electron chi connectivity index (χ3n) is 7.48. The second-order valence-corrected chi connectivity index (χ2v) is 13.0. The number of ether oxygens (including phenoxy) is 4. The van der Waals surface area contributed by atoms with Gasteiger partial charge in [0.1, 0.15) is 23.0 Å². The molecule has 0 bridgehead atoms. The Labute approximate surface area is 273 Å². The third kappa shape index (κ3) is 7.21. The van der Waals surface area contributed by atoms with Crippen LogP contribution in [0.3, 0.4) is 0 Å². The van der Waals surface area contributed by atoms with E-state index in [9.17, 15) is 8.42 Å². The van der Waals surface area contributed by atoms with E-state index in [1.165, 1.54) is 12.2 Å². The first-order valence-electron chi connectivity index (χ1n) is 14.7. The van der Waals surface area contributed by atoms with E-state index in [1.807, 2.05) is 0 Å². The quantitative estimate of drug-likeness (QED) is 0.115. The maximum Gasteiger partial charge on any atom is 0.274 e. The van der Waals surface area contributed by atoms with Gasteiger partial charge < -0.3 is 41.9 Å². The molecule has 6 rings (SSSR count). The molecular weight excluding hydrogens is 616 g/mol. The molecule has 2 aliphatic carbocycles. The lowest BCUT2D eigenvalue weighted by atomic mass is 10.1. The Morgan fingerprint density at radius 1 is 0.447 bits per heavy atom. The molecule has 0 aromatic heterocycles. The molecule has 0 fully saturated rings. The smallest absolute Gasteiger partial charge is 0.274 e. The highest BCUT2D eigenvalue weighted by Crippen LogP contribution is 2.37. The summed E-state index contributed by atoms with van der Waals surface area (Å²) in [5, 5.41) is 0. The van der Waals surface area contributed by atoms with E-state index in [4.69, 9.17) is 41.9 Å². The number of benzene rings is 4. The Kier molecular flexibility index (Phi) is 8.31. The number of nitrogens with two attached hydrogens (primary N) is 4. The van der Waals surface area contributed by atoms with Crippen molar-refractivity contribution in [2.24, 2.45) is 0 Å². The lowest BCUT2D eigenvalue weighted by Gasteiger charge is -2.34. The molecule has 240 valence electrons. The normalized spacial score (nSPS) is 16.4. The molecular formula is C36H34N4O6S. The molecule has 10 nitrogen and oxygen atoms in total. The molecule has 0 saturated heterocycles. The fourth-order valence-corrected chi connectivity index (χ4v) is 6.37. The molecule has 0 saturated carbocycles. The van der Waals surface area contributed by atoms with Gasteiger partial charge in [-0.15, -0.1) is 0 Å². The van der Waals surface area contributed by atoms with E-state index in [0.717, 1.165) is 0 Å². The van der Waals surface area contributed by atoms with Gasteiger partial charge in [0.2, 0.25) is 9.84 Å². The Bertz CT molecular complexity index is 1730. The van der Waals surface area contributed by atoms with E-state index < -0.39 is 21.4 Å². The van der Waals surface area contributed by atoms with Crippen molar-refractivity contribution in [3.63, 3.8) is 0 Å². The number of sulfone groups is 1. The molecule has 47 heavy (non-hydrogen) atoms. The van der Waals surface area contributed by atoms with Crippen molar-refractivity contribution < 1.29 is 27.4 Å². The number of anilines is 4. The SMILES string of the molecule is Nc1ccc(OC2(Oc3ccc(N)cc3)C=CC(S(=O)(=O)C3=CCC(Oc4ccc(N)cc4)(Oc4ccc(N)cc4)C=C3)=CC2)cc1. The standard InChI is InChI=1S/C36H34N4O6S/c37-25-1-9-29(10-2-25)43-35(44-30-11-3-26(38)4-12-30)21-17-33(18-22-35)47(41,42)34-19-23-36(24-20-34,45-31-13-5-27(39)6-14-31)46-32-15-7-28(40)8-16-32/h1-21,23H,22,24,37-40H2. The van der Waals surface area contributed by atoms with E-state index in [2.05, 4.69) is 0 Å². The topological polar surface area (TPSA) is 175 Å². The van der Waals surface area contributed by atoms with Crippen molar-refractivity contribution in [1.82, 2.24) is 0 Å². The molecule has 11 heteroatoms. The van der Waals surface area contributed by atoms with Crippen molar-refractivity contribution in [2.75, 3.05) is 22.9 Å². The maximum absolute atomic E-state index is 13.9. The second-order valence-electron chi connectivity index (χ2n) is 11.1. The number of nitrogen functional groups attached to an aromatic ring is 4.